The summed E-state index contributed by atoms with van der Waals surface area (Å²) in [4.78, 5) is 2.57. The van der Waals surface area contributed by atoms with Gasteiger partial charge in [0.05, 0.1) is 0 Å². The molecule has 1 N–H and O–H groups in total. The molecule has 0 aliphatic heterocycles. The summed E-state index contributed by atoms with van der Waals surface area (Å²) in [6.07, 6.45) is 2.89. The lowest BCUT2D eigenvalue weighted by atomic mass is 10.00. The van der Waals surface area contributed by atoms with Crippen LogP contribution in [0.15, 0.2) is 0 Å². The lowest BCUT2D eigenvalue weighted by Crippen LogP contribution is -2.44. The number of hydrogen-bond donors (Lipinski definition) is 1. The van der Waals surface area contributed by atoms with Crippen LogP contribution in [0.1, 0.15) is 40.5 Å². The van der Waals surface area contributed by atoms with Gasteiger partial charge in [-0.1, -0.05) is 13.8 Å². The lowest BCUT2D eigenvalue weighted by Gasteiger charge is -2.34. The molecule has 90 valence electrons. The summed E-state index contributed by atoms with van der Waals surface area (Å²) in [7, 11) is 2.29. The Labute approximate surface area is 95.4 Å². The van der Waals surface area contributed by atoms with Crippen LogP contribution in [-0.4, -0.2) is 37.1 Å². The minimum absolute atomic E-state index is 0.680. The van der Waals surface area contributed by atoms with Crippen LogP contribution in [0.2, 0.25) is 0 Å². The molecule has 1 aliphatic carbocycles. The van der Waals surface area contributed by atoms with Crippen LogP contribution in [0.25, 0.3) is 0 Å². The normalized spacial score (nSPS) is 22.8. The SMILES string of the molecule is CCNCC(C)C(C)N(C)C(C)C1CC1. The van der Waals surface area contributed by atoms with E-state index in [0.29, 0.717) is 6.04 Å². The second-order valence-corrected chi connectivity index (χ2v) is 5.27. The van der Waals surface area contributed by atoms with E-state index in [0.717, 1.165) is 31.0 Å². The highest BCUT2D eigenvalue weighted by atomic mass is 15.2. The predicted octanol–water partition coefficient (Wildman–Crippen LogP) is 2.35. The molecule has 0 aromatic rings. The van der Waals surface area contributed by atoms with Gasteiger partial charge in [0, 0.05) is 12.1 Å². The summed E-state index contributed by atoms with van der Waals surface area (Å²) in [6, 6.07) is 1.45. The average Bonchev–Trinajstić information content (AvgIpc) is 3.06. The zero-order valence-corrected chi connectivity index (χ0v) is 11.1. The Kier molecular flexibility index (Phi) is 5.07. The number of rotatable bonds is 7. The molecule has 0 bridgehead atoms. The van der Waals surface area contributed by atoms with E-state index in [9.17, 15) is 0 Å². The van der Waals surface area contributed by atoms with Crippen molar-refractivity contribution in [1.82, 2.24) is 10.2 Å². The van der Waals surface area contributed by atoms with Crippen LogP contribution in [0.5, 0.6) is 0 Å². The van der Waals surface area contributed by atoms with Gasteiger partial charge >= 0.3 is 0 Å². The zero-order valence-electron chi connectivity index (χ0n) is 11.1. The first kappa shape index (κ1) is 13.0. The van der Waals surface area contributed by atoms with E-state index < -0.39 is 0 Å². The Balaban J connectivity index is 2.32. The van der Waals surface area contributed by atoms with Gasteiger partial charge in [0.15, 0.2) is 0 Å². The van der Waals surface area contributed by atoms with Crippen LogP contribution >= 0.6 is 0 Å². The van der Waals surface area contributed by atoms with Crippen molar-refractivity contribution in [2.75, 3.05) is 20.1 Å². The standard InChI is InChI=1S/C13H28N2/c1-6-14-9-10(2)11(3)15(5)12(4)13-7-8-13/h10-14H,6-9H2,1-5H3. The lowest BCUT2D eigenvalue weighted by molar-refractivity contribution is 0.136. The second-order valence-electron chi connectivity index (χ2n) is 5.27. The molecule has 3 atom stereocenters. The zero-order chi connectivity index (χ0) is 11.4. The molecule has 15 heavy (non-hydrogen) atoms. The van der Waals surface area contributed by atoms with Crippen molar-refractivity contribution in [2.45, 2.75) is 52.6 Å². The quantitative estimate of drug-likeness (QED) is 0.697. The molecular weight excluding hydrogens is 184 g/mol. The first-order valence-corrected chi connectivity index (χ1v) is 6.50. The van der Waals surface area contributed by atoms with Gasteiger partial charge in [0.1, 0.15) is 0 Å². The van der Waals surface area contributed by atoms with E-state index in [1.165, 1.54) is 12.8 Å². The van der Waals surface area contributed by atoms with Crippen molar-refractivity contribution in [3.8, 4) is 0 Å². The minimum Gasteiger partial charge on any atom is -0.317 e. The van der Waals surface area contributed by atoms with Crippen LogP contribution in [0, 0.1) is 11.8 Å². The van der Waals surface area contributed by atoms with E-state index in [1.807, 2.05) is 0 Å². The van der Waals surface area contributed by atoms with Gasteiger partial charge in [-0.2, -0.15) is 0 Å². The van der Waals surface area contributed by atoms with Crippen molar-refractivity contribution in [2.24, 2.45) is 11.8 Å². The van der Waals surface area contributed by atoms with E-state index in [2.05, 4.69) is 45.0 Å². The number of nitrogens with zero attached hydrogens (tertiary/aromatic N) is 1. The maximum absolute atomic E-state index is 3.44. The highest BCUT2D eigenvalue weighted by Crippen LogP contribution is 2.35. The van der Waals surface area contributed by atoms with E-state index in [1.54, 1.807) is 0 Å². The molecule has 1 aliphatic rings. The third-order valence-electron chi connectivity index (χ3n) is 4.13. The molecule has 0 radical (unpaired) electrons. The molecule has 0 saturated heterocycles. The van der Waals surface area contributed by atoms with Crippen LogP contribution in [0.3, 0.4) is 0 Å². The summed E-state index contributed by atoms with van der Waals surface area (Å²) in [5.74, 6) is 1.71. The van der Waals surface area contributed by atoms with Gasteiger partial charge in [0.2, 0.25) is 0 Å². The van der Waals surface area contributed by atoms with Gasteiger partial charge in [-0.05, 0) is 58.7 Å². The molecular formula is C13H28N2. The first-order chi connectivity index (χ1) is 7.07. The summed E-state index contributed by atoms with van der Waals surface area (Å²) >= 11 is 0. The largest absolute Gasteiger partial charge is 0.317 e. The second kappa shape index (κ2) is 5.86. The smallest absolute Gasteiger partial charge is 0.0105 e. The molecule has 0 spiro atoms. The molecule has 2 nitrogen and oxygen atoms in total. The Morgan fingerprint density at radius 2 is 1.87 bits per heavy atom. The first-order valence-electron chi connectivity index (χ1n) is 6.50. The van der Waals surface area contributed by atoms with Crippen LogP contribution in [-0.2, 0) is 0 Å². The highest BCUT2D eigenvalue weighted by molar-refractivity contribution is 4.87. The van der Waals surface area contributed by atoms with Gasteiger partial charge in [0.25, 0.3) is 0 Å². The van der Waals surface area contributed by atoms with Crippen LogP contribution < -0.4 is 5.32 Å². The Morgan fingerprint density at radius 3 is 2.33 bits per heavy atom. The summed E-state index contributed by atoms with van der Waals surface area (Å²) in [6.45, 7) is 11.5. The molecule has 0 aromatic heterocycles. The molecule has 1 saturated carbocycles. The topological polar surface area (TPSA) is 15.3 Å². The maximum atomic E-state index is 3.44. The van der Waals surface area contributed by atoms with Crippen molar-refractivity contribution in [1.29, 1.82) is 0 Å². The molecule has 1 fully saturated rings. The molecule has 0 aromatic carbocycles. The number of nitrogens with one attached hydrogen (secondary N) is 1. The fourth-order valence-electron chi connectivity index (χ4n) is 2.23. The predicted molar refractivity (Wildman–Crippen MR) is 67.1 cm³/mol. The molecule has 3 unspecified atom stereocenters. The minimum atomic E-state index is 0.680. The van der Waals surface area contributed by atoms with E-state index >= 15 is 0 Å². The van der Waals surface area contributed by atoms with Gasteiger partial charge < -0.3 is 10.2 Å². The van der Waals surface area contributed by atoms with Gasteiger partial charge in [-0.3, -0.25) is 0 Å². The monoisotopic (exact) mass is 212 g/mol. The Morgan fingerprint density at radius 1 is 1.27 bits per heavy atom. The molecule has 1 rings (SSSR count). The van der Waals surface area contributed by atoms with Crippen molar-refractivity contribution in [3.05, 3.63) is 0 Å². The van der Waals surface area contributed by atoms with Crippen molar-refractivity contribution >= 4 is 0 Å². The number of hydrogen-bond acceptors (Lipinski definition) is 2. The third-order valence-corrected chi connectivity index (χ3v) is 4.13. The molecule has 2 heteroatoms. The van der Waals surface area contributed by atoms with E-state index in [4.69, 9.17) is 0 Å². The van der Waals surface area contributed by atoms with Crippen molar-refractivity contribution in [3.63, 3.8) is 0 Å². The summed E-state index contributed by atoms with van der Waals surface area (Å²) < 4.78 is 0. The third kappa shape index (κ3) is 3.76. The van der Waals surface area contributed by atoms with E-state index in [-0.39, 0.29) is 0 Å². The van der Waals surface area contributed by atoms with Crippen LogP contribution in [0.4, 0.5) is 0 Å². The fourth-order valence-corrected chi connectivity index (χ4v) is 2.23. The average molecular weight is 212 g/mol. The highest BCUT2D eigenvalue weighted by Gasteiger charge is 2.33. The Hall–Kier alpha value is -0.0800. The van der Waals surface area contributed by atoms with Gasteiger partial charge in [-0.25, -0.2) is 0 Å². The summed E-state index contributed by atoms with van der Waals surface area (Å²) in [5, 5.41) is 3.44. The van der Waals surface area contributed by atoms with Crippen molar-refractivity contribution < 1.29 is 0 Å². The summed E-state index contributed by atoms with van der Waals surface area (Å²) in [5.41, 5.74) is 0. The molecule has 0 heterocycles. The Bertz CT molecular complexity index is 177. The fraction of sp³-hybridized carbons (Fsp3) is 1.00. The maximum Gasteiger partial charge on any atom is 0.0105 e. The molecule has 0 amide bonds. The van der Waals surface area contributed by atoms with Gasteiger partial charge in [-0.15, -0.1) is 0 Å².